The Morgan fingerprint density at radius 1 is 1.33 bits per heavy atom. The number of rotatable bonds is 6. The molecule has 1 heterocycles. The molecule has 0 radical (unpaired) electrons. The van der Waals surface area contributed by atoms with Crippen molar-refractivity contribution in [2.75, 3.05) is 19.6 Å². The van der Waals surface area contributed by atoms with Gasteiger partial charge in [0.05, 0.1) is 0 Å². The molecule has 1 aliphatic carbocycles. The van der Waals surface area contributed by atoms with Gasteiger partial charge in [0.2, 0.25) is 5.91 Å². The molecule has 1 aliphatic heterocycles. The van der Waals surface area contributed by atoms with Crippen molar-refractivity contribution in [3.63, 3.8) is 0 Å². The Morgan fingerprint density at radius 2 is 2.11 bits per heavy atom. The maximum Gasteiger partial charge on any atom is 0.222 e. The van der Waals surface area contributed by atoms with Crippen molar-refractivity contribution >= 4 is 5.91 Å². The summed E-state index contributed by atoms with van der Waals surface area (Å²) >= 11 is 0. The van der Waals surface area contributed by atoms with E-state index in [1.165, 1.54) is 25.7 Å². The van der Waals surface area contributed by atoms with Gasteiger partial charge in [-0.3, -0.25) is 4.79 Å². The summed E-state index contributed by atoms with van der Waals surface area (Å²) in [5.74, 6) is 1.91. The fourth-order valence-electron chi connectivity index (χ4n) is 2.81. The first-order chi connectivity index (χ1) is 8.70. The first-order valence-electron chi connectivity index (χ1n) is 7.72. The largest absolute Gasteiger partial charge is 0.341 e. The monoisotopic (exact) mass is 252 g/mol. The fraction of sp³-hybridized carbons (Fsp3) is 0.933. The van der Waals surface area contributed by atoms with Crippen LogP contribution in [0.5, 0.6) is 0 Å². The third-order valence-electron chi connectivity index (χ3n) is 4.36. The van der Waals surface area contributed by atoms with Gasteiger partial charge in [0.25, 0.3) is 0 Å². The van der Waals surface area contributed by atoms with Gasteiger partial charge in [0, 0.05) is 25.6 Å². The molecular formula is C15H28N2O. The lowest BCUT2D eigenvalue weighted by atomic mass is 10.0. The van der Waals surface area contributed by atoms with Crippen molar-refractivity contribution in [3.05, 3.63) is 0 Å². The van der Waals surface area contributed by atoms with Crippen LogP contribution in [0.25, 0.3) is 0 Å². The molecule has 2 aliphatic rings. The first kappa shape index (κ1) is 13.9. The maximum atomic E-state index is 12.1. The molecule has 1 N–H and O–H groups in total. The van der Waals surface area contributed by atoms with Crippen LogP contribution in [0, 0.1) is 11.8 Å². The summed E-state index contributed by atoms with van der Waals surface area (Å²) in [6, 6.07) is 0.544. The van der Waals surface area contributed by atoms with Crippen LogP contribution in [0.3, 0.4) is 0 Å². The first-order valence-corrected chi connectivity index (χ1v) is 7.72. The van der Waals surface area contributed by atoms with E-state index >= 15 is 0 Å². The topological polar surface area (TPSA) is 32.3 Å². The summed E-state index contributed by atoms with van der Waals surface area (Å²) in [5.41, 5.74) is 0. The number of hydrogen-bond acceptors (Lipinski definition) is 2. The number of carbonyl (C=O) groups is 1. The second-order valence-electron chi connectivity index (χ2n) is 6.17. The summed E-state index contributed by atoms with van der Waals surface area (Å²) in [6.45, 7) is 7.47. The lowest BCUT2D eigenvalue weighted by molar-refractivity contribution is -0.131. The van der Waals surface area contributed by atoms with E-state index in [-0.39, 0.29) is 0 Å². The number of nitrogens with one attached hydrogen (secondary N) is 1. The van der Waals surface area contributed by atoms with Gasteiger partial charge >= 0.3 is 0 Å². The highest BCUT2D eigenvalue weighted by Gasteiger charge is 2.33. The Bertz CT molecular complexity index is 276. The average Bonchev–Trinajstić information content (AvgIpc) is 3.18. The van der Waals surface area contributed by atoms with E-state index < -0.39 is 0 Å². The van der Waals surface area contributed by atoms with E-state index in [9.17, 15) is 4.79 Å². The fourth-order valence-corrected chi connectivity index (χ4v) is 2.81. The van der Waals surface area contributed by atoms with Gasteiger partial charge in [-0.15, -0.1) is 0 Å². The van der Waals surface area contributed by atoms with Crippen LogP contribution in [0.15, 0.2) is 0 Å². The van der Waals surface area contributed by atoms with Crippen LogP contribution >= 0.6 is 0 Å². The van der Waals surface area contributed by atoms with Crippen molar-refractivity contribution in [3.8, 4) is 0 Å². The molecule has 0 aromatic rings. The van der Waals surface area contributed by atoms with Gasteiger partial charge < -0.3 is 10.2 Å². The SMILES string of the molecule is CCCNC(CN1CCC(C)CCC1=O)C1CC1. The van der Waals surface area contributed by atoms with Crippen LogP contribution in [0.4, 0.5) is 0 Å². The number of hydrogen-bond donors (Lipinski definition) is 1. The second kappa shape index (κ2) is 6.55. The zero-order chi connectivity index (χ0) is 13.0. The lowest BCUT2D eigenvalue weighted by Gasteiger charge is -2.27. The predicted octanol–water partition coefficient (Wildman–Crippen LogP) is 2.41. The van der Waals surface area contributed by atoms with Crippen molar-refractivity contribution < 1.29 is 4.79 Å². The highest BCUT2D eigenvalue weighted by atomic mass is 16.2. The minimum atomic E-state index is 0.378. The Morgan fingerprint density at radius 3 is 2.78 bits per heavy atom. The molecule has 0 aromatic heterocycles. The van der Waals surface area contributed by atoms with Crippen molar-refractivity contribution in [2.24, 2.45) is 11.8 Å². The minimum Gasteiger partial charge on any atom is -0.341 e. The quantitative estimate of drug-likeness (QED) is 0.787. The van der Waals surface area contributed by atoms with Crippen molar-refractivity contribution in [1.82, 2.24) is 10.2 Å². The van der Waals surface area contributed by atoms with Crippen molar-refractivity contribution in [1.29, 1.82) is 0 Å². The Balaban J connectivity index is 1.86. The summed E-state index contributed by atoms with van der Waals surface area (Å²) < 4.78 is 0. The molecule has 3 heteroatoms. The van der Waals surface area contributed by atoms with Gasteiger partial charge in [0.15, 0.2) is 0 Å². The summed E-state index contributed by atoms with van der Waals surface area (Å²) in [6.07, 6.45) is 6.88. The zero-order valence-electron chi connectivity index (χ0n) is 12.0. The van der Waals surface area contributed by atoms with Crippen LogP contribution in [-0.4, -0.2) is 36.5 Å². The molecule has 0 bridgehead atoms. The Labute approximate surface area is 111 Å². The molecule has 18 heavy (non-hydrogen) atoms. The summed E-state index contributed by atoms with van der Waals surface area (Å²) in [5, 5.41) is 3.64. The highest BCUT2D eigenvalue weighted by molar-refractivity contribution is 5.76. The third kappa shape index (κ3) is 3.98. The summed E-state index contributed by atoms with van der Waals surface area (Å²) in [4.78, 5) is 14.2. The molecule has 104 valence electrons. The number of likely N-dealkylation sites (tertiary alicyclic amines) is 1. The molecule has 0 aromatic carbocycles. The number of carbonyl (C=O) groups excluding carboxylic acids is 1. The van der Waals surface area contributed by atoms with E-state index in [0.29, 0.717) is 17.9 Å². The smallest absolute Gasteiger partial charge is 0.222 e. The zero-order valence-corrected chi connectivity index (χ0v) is 12.0. The Hall–Kier alpha value is -0.570. The van der Waals surface area contributed by atoms with Gasteiger partial charge in [-0.05, 0) is 50.5 Å². The average molecular weight is 252 g/mol. The van der Waals surface area contributed by atoms with Gasteiger partial charge in [-0.1, -0.05) is 13.8 Å². The summed E-state index contributed by atoms with van der Waals surface area (Å²) in [7, 11) is 0. The third-order valence-corrected chi connectivity index (χ3v) is 4.36. The molecule has 2 fully saturated rings. The highest BCUT2D eigenvalue weighted by Crippen LogP contribution is 2.33. The molecule has 1 amide bonds. The van der Waals surface area contributed by atoms with Crippen LogP contribution in [-0.2, 0) is 4.79 Å². The van der Waals surface area contributed by atoms with Crippen LogP contribution in [0.2, 0.25) is 0 Å². The predicted molar refractivity (Wildman–Crippen MR) is 74.4 cm³/mol. The van der Waals surface area contributed by atoms with Crippen LogP contribution in [0.1, 0.15) is 52.4 Å². The van der Waals surface area contributed by atoms with E-state index in [0.717, 1.165) is 38.4 Å². The number of amides is 1. The normalized spacial score (nSPS) is 27.1. The Kier molecular flexibility index (Phi) is 5.04. The van der Waals surface area contributed by atoms with Crippen molar-refractivity contribution in [2.45, 2.75) is 58.4 Å². The standard InChI is InChI=1S/C15H28N2O/c1-3-9-16-14(13-5-6-13)11-17-10-8-12(2)4-7-15(17)18/h12-14,16H,3-11H2,1-2H3. The van der Waals surface area contributed by atoms with Crippen LogP contribution < -0.4 is 5.32 Å². The van der Waals surface area contributed by atoms with E-state index in [4.69, 9.17) is 0 Å². The number of nitrogens with zero attached hydrogens (tertiary/aromatic N) is 1. The van der Waals surface area contributed by atoms with Gasteiger partial charge in [-0.2, -0.15) is 0 Å². The lowest BCUT2D eigenvalue weighted by Crippen LogP contribution is -2.45. The van der Waals surface area contributed by atoms with E-state index in [1.54, 1.807) is 0 Å². The second-order valence-corrected chi connectivity index (χ2v) is 6.17. The molecule has 2 rings (SSSR count). The maximum absolute atomic E-state index is 12.1. The molecule has 2 unspecified atom stereocenters. The molecule has 1 saturated heterocycles. The van der Waals surface area contributed by atoms with Gasteiger partial charge in [0.1, 0.15) is 0 Å². The van der Waals surface area contributed by atoms with E-state index in [2.05, 4.69) is 24.1 Å². The minimum absolute atomic E-state index is 0.378. The van der Waals surface area contributed by atoms with E-state index in [1.807, 2.05) is 0 Å². The van der Waals surface area contributed by atoms with Gasteiger partial charge in [-0.25, -0.2) is 0 Å². The molecule has 0 spiro atoms. The molecule has 3 nitrogen and oxygen atoms in total. The molecular weight excluding hydrogens is 224 g/mol. The molecule has 1 saturated carbocycles. The molecule has 2 atom stereocenters.